The molecule has 3 aromatic rings. The largest absolute Gasteiger partial charge is 0.457 e. The Labute approximate surface area is 143 Å². The molecule has 0 spiro atoms. The molecule has 6 nitrogen and oxygen atoms in total. The highest BCUT2D eigenvalue weighted by atomic mass is 16.6. The highest BCUT2D eigenvalue weighted by molar-refractivity contribution is 5.73. The minimum Gasteiger partial charge on any atom is -0.457 e. The molecule has 0 saturated carbocycles. The zero-order valence-corrected chi connectivity index (χ0v) is 13.7. The fraction of sp³-hybridized carbons (Fsp3) is 0.105. The van der Waals surface area contributed by atoms with Crippen LogP contribution in [0.3, 0.4) is 0 Å². The maximum absolute atomic E-state index is 11.2. The minimum atomic E-state index is -0.497. The Morgan fingerprint density at radius 2 is 1.88 bits per heavy atom. The normalized spacial score (nSPS) is 10.5. The van der Waals surface area contributed by atoms with Gasteiger partial charge in [-0.05, 0) is 49.2 Å². The Morgan fingerprint density at radius 1 is 1.08 bits per heavy atom. The van der Waals surface area contributed by atoms with Crippen molar-refractivity contribution < 1.29 is 18.9 Å². The molecule has 3 rings (SSSR count). The van der Waals surface area contributed by atoms with Crippen molar-refractivity contribution in [3.8, 4) is 22.8 Å². The van der Waals surface area contributed by atoms with Crippen molar-refractivity contribution in [2.45, 2.75) is 13.8 Å². The molecule has 0 N–H and O–H groups in total. The first-order valence-corrected chi connectivity index (χ1v) is 7.56. The number of furan rings is 1. The van der Waals surface area contributed by atoms with Gasteiger partial charge in [0, 0.05) is 11.6 Å². The van der Waals surface area contributed by atoms with Crippen LogP contribution in [-0.2, 0) is 0 Å². The minimum absolute atomic E-state index is 0.123. The van der Waals surface area contributed by atoms with Gasteiger partial charge in [0.1, 0.15) is 17.3 Å². The fourth-order valence-electron chi connectivity index (χ4n) is 2.41. The molecular formula is C19H15NO5. The van der Waals surface area contributed by atoms with Crippen LogP contribution in [-0.4, -0.2) is 11.2 Å². The summed E-state index contributed by atoms with van der Waals surface area (Å²) in [5.41, 5.74) is 2.28. The van der Waals surface area contributed by atoms with Gasteiger partial charge in [0.25, 0.3) is 5.69 Å². The number of carbonyl (C=O) groups excluding carboxylic acids is 1. The van der Waals surface area contributed by atoms with E-state index in [1.807, 2.05) is 32.0 Å². The Morgan fingerprint density at radius 3 is 2.56 bits per heavy atom. The third kappa shape index (κ3) is 3.58. The van der Waals surface area contributed by atoms with Crippen LogP contribution in [0.1, 0.15) is 21.7 Å². The van der Waals surface area contributed by atoms with E-state index >= 15 is 0 Å². The molecule has 2 aromatic carbocycles. The second-order valence-electron chi connectivity index (χ2n) is 5.66. The maximum Gasteiger partial charge on any atom is 0.273 e. The molecule has 0 aliphatic carbocycles. The monoisotopic (exact) mass is 337 g/mol. The summed E-state index contributed by atoms with van der Waals surface area (Å²) >= 11 is 0. The molecule has 0 radical (unpaired) electrons. The van der Waals surface area contributed by atoms with Crippen LogP contribution in [0.4, 0.5) is 5.69 Å². The lowest BCUT2D eigenvalue weighted by atomic mass is 10.1. The van der Waals surface area contributed by atoms with Gasteiger partial charge in [-0.1, -0.05) is 12.1 Å². The van der Waals surface area contributed by atoms with Gasteiger partial charge in [-0.25, -0.2) is 0 Å². The van der Waals surface area contributed by atoms with Crippen LogP contribution < -0.4 is 4.74 Å². The molecule has 0 aliphatic rings. The molecule has 1 heterocycles. The number of hydrogen-bond acceptors (Lipinski definition) is 5. The van der Waals surface area contributed by atoms with Gasteiger partial charge in [0.15, 0.2) is 12.0 Å². The van der Waals surface area contributed by atoms with Gasteiger partial charge >= 0.3 is 0 Å². The Bertz CT molecular complexity index is 958. The number of rotatable bonds is 5. The van der Waals surface area contributed by atoms with Crippen molar-refractivity contribution in [1.29, 1.82) is 0 Å². The maximum atomic E-state index is 11.2. The van der Waals surface area contributed by atoms with Gasteiger partial charge in [0.2, 0.25) is 0 Å². The van der Waals surface area contributed by atoms with Crippen LogP contribution in [0, 0.1) is 24.0 Å². The number of nitro benzene ring substituents is 1. The van der Waals surface area contributed by atoms with E-state index in [1.54, 1.807) is 12.1 Å². The predicted molar refractivity (Wildman–Crippen MR) is 92.2 cm³/mol. The topological polar surface area (TPSA) is 82.6 Å². The predicted octanol–water partition coefficient (Wildman–Crippen LogP) is 5.08. The molecule has 0 aliphatic heterocycles. The van der Waals surface area contributed by atoms with Crippen LogP contribution in [0.25, 0.3) is 11.3 Å². The first kappa shape index (κ1) is 16.4. The lowest BCUT2D eigenvalue weighted by molar-refractivity contribution is -0.384. The SMILES string of the molecule is Cc1ccc(C)c(Oc2cc(-c3ccc(C=O)o3)cc([N+](=O)[O-])c2)c1. The number of nitrogens with zero attached hydrogens (tertiary/aromatic N) is 1. The van der Waals surface area contributed by atoms with Gasteiger partial charge < -0.3 is 9.15 Å². The van der Waals surface area contributed by atoms with Crippen LogP contribution in [0.5, 0.6) is 11.5 Å². The molecule has 126 valence electrons. The van der Waals surface area contributed by atoms with E-state index < -0.39 is 4.92 Å². The Kier molecular flexibility index (Phi) is 4.35. The molecule has 1 aromatic heterocycles. The van der Waals surface area contributed by atoms with Crippen molar-refractivity contribution >= 4 is 12.0 Å². The fourth-order valence-corrected chi connectivity index (χ4v) is 2.41. The second kappa shape index (κ2) is 6.60. The third-order valence-electron chi connectivity index (χ3n) is 3.70. The summed E-state index contributed by atoms with van der Waals surface area (Å²) in [5, 5.41) is 11.2. The molecule has 0 amide bonds. The van der Waals surface area contributed by atoms with Gasteiger partial charge in [-0.3, -0.25) is 14.9 Å². The number of nitro groups is 1. The molecule has 0 bridgehead atoms. The van der Waals surface area contributed by atoms with E-state index in [-0.39, 0.29) is 11.4 Å². The quantitative estimate of drug-likeness (QED) is 0.368. The lowest BCUT2D eigenvalue weighted by Crippen LogP contribution is -1.93. The molecule has 0 saturated heterocycles. The van der Waals surface area contributed by atoms with E-state index in [9.17, 15) is 14.9 Å². The molecule has 0 atom stereocenters. The van der Waals surface area contributed by atoms with Crippen LogP contribution >= 0.6 is 0 Å². The zero-order chi connectivity index (χ0) is 18.0. The van der Waals surface area contributed by atoms with E-state index in [2.05, 4.69) is 0 Å². The number of non-ortho nitro benzene ring substituents is 1. The van der Waals surface area contributed by atoms with Crippen molar-refractivity contribution in [3.63, 3.8) is 0 Å². The van der Waals surface area contributed by atoms with Crippen LogP contribution in [0.2, 0.25) is 0 Å². The van der Waals surface area contributed by atoms with Gasteiger partial charge in [-0.15, -0.1) is 0 Å². The number of ether oxygens (including phenoxy) is 1. The molecule has 0 unspecified atom stereocenters. The molecular weight excluding hydrogens is 322 g/mol. The van der Waals surface area contributed by atoms with E-state index in [1.165, 1.54) is 18.2 Å². The standard InChI is InChI=1S/C19H15NO5/c1-12-3-4-13(2)19(7-12)25-17-9-14(8-15(10-17)20(22)23)18-6-5-16(11-21)24-18/h3-11H,1-2H3. The molecule has 25 heavy (non-hydrogen) atoms. The van der Waals surface area contributed by atoms with Crippen molar-refractivity contribution in [3.05, 3.63) is 75.5 Å². The first-order valence-electron chi connectivity index (χ1n) is 7.56. The number of aldehydes is 1. The van der Waals surface area contributed by atoms with E-state index in [0.29, 0.717) is 29.1 Å². The van der Waals surface area contributed by atoms with Crippen molar-refractivity contribution in [2.24, 2.45) is 0 Å². The van der Waals surface area contributed by atoms with E-state index in [4.69, 9.17) is 9.15 Å². The highest BCUT2D eigenvalue weighted by Crippen LogP contribution is 2.34. The lowest BCUT2D eigenvalue weighted by Gasteiger charge is -2.10. The van der Waals surface area contributed by atoms with E-state index in [0.717, 1.165) is 11.1 Å². The summed E-state index contributed by atoms with van der Waals surface area (Å²) in [7, 11) is 0. The molecule has 0 fully saturated rings. The third-order valence-corrected chi connectivity index (χ3v) is 3.70. The van der Waals surface area contributed by atoms with Gasteiger partial charge in [-0.2, -0.15) is 0 Å². The average Bonchev–Trinajstić information content (AvgIpc) is 3.07. The van der Waals surface area contributed by atoms with Gasteiger partial charge in [0.05, 0.1) is 11.0 Å². The number of benzene rings is 2. The Balaban J connectivity index is 2.05. The smallest absolute Gasteiger partial charge is 0.273 e. The molecule has 6 heteroatoms. The number of aryl methyl sites for hydroxylation is 2. The average molecular weight is 337 g/mol. The summed E-state index contributed by atoms with van der Waals surface area (Å²) in [6.45, 7) is 3.84. The van der Waals surface area contributed by atoms with Crippen LogP contribution in [0.15, 0.2) is 52.9 Å². The Hall–Kier alpha value is -3.41. The highest BCUT2D eigenvalue weighted by Gasteiger charge is 2.15. The summed E-state index contributed by atoms with van der Waals surface area (Å²) in [6, 6.07) is 13.2. The van der Waals surface area contributed by atoms with Crippen molar-refractivity contribution in [1.82, 2.24) is 0 Å². The first-order chi connectivity index (χ1) is 12.0. The summed E-state index contributed by atoms with van der Waals surface area (Å²) in [6.07, 6.45) is 0.578. The number of carbonyl (C=O) groups is 1. The number of hydrogen-bond donors (Lipinski definition) is 0. The summed E-state index contributed by atoms with van der Waals surface area (Å²) < 4.78 is 11.2. The second-order valence-corrected chi connectivity index (χ2v) is 5.66. The summed E-state index contributed by atoms with van der Waals surface area (Å²) in [5.74, 6) is 1.46. The summed E-state index contributed by atoms with van der Waals surface area (Å²) in [4.78, 5) is 21.5. The van der Waals surface area contributed by atoms with Crippen molar-refractivity contribution in [2.75, 3.05) is 0 Å². The zero-order valence-electron chi connectivity index (χ0n) is 13.7.